The fourth-order valence-electron chi connectivity index (χ4n) is 3.23. The van der Waals surface area contributed by atoms with Gasteiger partial charge in [0, 0.05) is 24.8 Å². The first-order chi connectivity index (χ1) is 13.7. The van der Waals surface area contributed by atoms with Gasteiger partial charge in [0.1, 0.15) is 11.3 Å². The fraction of sp³-hybridized carbons (Fsp3) is 0.400. The van der Waals surface area contributed by atoms with Gasteiger partial charge in [-0.05, 0) is 30.4 Å². The second-order valence-electron chi connectivity index (χ2n) is 8.61. The first kappa shape index (κ1) is 19.0. The van der Waals surface area contributed by atoms with Crippen molar-refractivity contribution < 1.29 is 9.90 Å². The van der Waals surface area contributed by atoms with E-state index >= 15 is 0 Å². The van der Waals surface area contributed by atoms with E-state index in [1.54, 1.807) is 18.2 Å². The van der Waals surface area contributed by atoms with E-state index in [1.165, 1.54) is 10.8 Å². The molecule has 9 heteroatoms. The Bertz CT molecular complexity index is 1220. The molecule has 1 saturated carbocycles. The number of aromatic amines is 1. The summed E-state index contributed by atoms with van der Waals surface area (Å²) >= 11 is 0. The number of aromatic hydroxyl groups is 1. The maximum absolute atomic E-state index is 13.0. The van der Waals surface area contributed by atoms with E-state index in [4.69, 9.17) is 0 Å². The maximum Gasteiger partial charge on any atom is 0.291 e. The lowest BCUT2D eigenvalue weighted by Gasteiger charge is -2.23. The summed E-state index contributed by atoms with van der Waals surface area (Å²) in [6, 6.07) is 4.86. The van der Waals surface area contributed by atoms with Gasteiger partial charge in [-0.25, -0.2) is 0 Å². The van der Waals surface area contributed by atoms with Gasteiger partial charge in [0.2, 0.25) is 5.88 Å². The van der Waals surface area contributed by atoms with Gasteiger partial charge in [-0.1, -0.05) is 20.8 Å². The largest absolute Gasteiger partial charge is 0.494 e. The van der Waals surface area contributed by atoms with Crippen molar-refractivity contribution in [1.29, 1.82) is 0 Å². The Hall–Kier alpha value is -3.36. The number of nitrogens with one attached hydrogen (secondary N) is 2. The predicted molar refractivity (Wildman–Crippen MR) is 107 cm³/mol. The van der Waals surface area contributed by atoms with Crippen molar-refractivity contribution in [2.75, 3.05) is 0 Å². The van der Waals surface area contributed by atoms with Gasteiger partial charge >= 0.3 is 0 Å². The standard InChI is InChI=1S/C20H23N5O4/c1-20(2,3)10-24-14-9-13(12-5-4-8-21-16(12)26)23-25(14)19(29)15(18(24)28)17(27)22-11-6-7-11/h4-5,8-9,11,28H,6-7,10H2,1-3H3,(H,21,26)(H,22,27). The highest BCUT2D eigenvalue weighted by molar-refractivity contribution is 5.96. The van der Waals surface area contributed by atoms with Gasteiger partial charge in [0.25, 0.3) is 17.0 Å². The lowest BCUT2D eigenvalue weighted by Crippen LogP contribution is -2.35. The minimum Gasteiger partial charge on any atom is -0.494 e. The fourth-order valence-corrected chi connectivity index (χ4v) is 3.23. The monoisotopic (exact) mass is 397 g/mol. The number of aromatic nitrogens is 4. The molecule has 1 aliphatic carbocycles. The molecular weight excluding hydrogens is 374 g/mol. The van der Waals surface area contributed by atoms with Crippen molar-refractivity contribution in [3.63, 3.8) is 0 Å². The Morgan fingerprint density at radius 1 is 1.34 bits per heavy atom. The summed E-state index contributed by atoms with van der Waals surface area (Å²) < 4.78 is 2.58. The molecule has 0 spiro atoms. The number of pyridine rings is 1. The van der Waals surface area contributed by atoms with Gasteiger partial charge in [-0.2, -0.15) is 9.61 Å². The van der Waals surface area contributed by atoms with Crippen LogP contribution in [-0.2, 0) is 6.54 Å². The Morgan fingerprint density at radius 2 is 2.07 bits per heavy atom. The number of carbonyl (C=O) groups is 1. The van der Waals surface area contributed by atoms with Crippen LogP contribution in [0.15, 0.2) is 34.0 Å². The van der Waals surface area contributed by atoms with Crippen LogP contribution >= 0.6 is 0 Å². The van der Waals surface area contributed by atoms with Crippen LogP contribution in [0.5, 0.6) is 5.88 Å². The second kappa shape index (κ2) is 6.61. The first-order valence-electron chi connectivity index (χ1n) is 9.50. The Morgan fingerprint density at radius 3 is 2.69 bits per heavy atom. The molecule has 0 aromatic carbocycles. The zero-order chi connectivity index (χ0) is 20.9. The van der Waals surface area contributed by atoms with Crippen LogP contribution in [0.3, 0.4) is 0 Å². The number of carbonyl (C=O) groups excluding carboxylic acids is 1. The maximum atomic E-state index is 13.0. The van der Waals surface area contributed by atoms with Gasteiger partial charge in [-0.15, -0.1) is 0 Å². The molecule has 1 fully saturated rings. The zero-order valence-electron chi connectivity index (χ0n) is 16.5. The van der Waals surface area contributed by atoms with E-state index in [0.717, 1.165) is 17.4 Å². The zero-order valence-corrected chi connectivity index (χ0v) is 16.5. The van der Waals surface area contributed by atoms with Crippen molar-refractivity contribution in [1.82, 2.24) is 24.5 Å². The molecule has 0 radical (unpaired) electrons. The summed E-state index contributed by atoms with van der Waals surface area (Å²) in [6.45, 7) is 6.27. The van der Waals surface area contributed by atoms with E-state index in [0.29, 0.717) is 17.8 Å². The number of hydrogen-bond acceptors (Lipinski definition) is 5. The highest BCUT2D eigenvalue weighted by Crippen LogP contribution is 2.27. The number of amides is 1. The number of nitrogens with zero attached hydrogens (tertiary/aromatic N) is 3. The SMILES string of the molecule is CC(C)(C)Cn1c(O)c(C(=O)NC2CC2)c(=O)n2nc(-c3ccc[nH]c3=O)cc12. The summed E-state index contributed by atoms with van der Waals surface area (Å²) in [5.41, 5.74) is -0.784. The first-order valence-corrected chi connectivity index (χ1v) is 9.50. The molecule has 3 heterocycles. The minimum atomic E-state index is -0.723. The molecule has 9 nitrogen and oxygen atoms in total. The molecule has 0 bridgehead atoms. The van der Waals surface area contributed by atoms with Gasteiger partial charge in [-0.3, -0.25) is 19.0 Å². The summed E-state index contributed by atoms with van der Waals surface area (Å²) in [5, 5.41) is 17.9. The Labute approximate surface area is 166 Å². The molecule has 4 rings (SSSR count). The van der Waals surface area contributed by atoms with Gasteiger partial charge in [0.15, 0.2) is 5.56 Å². The third kappa shape index (κ3) is 3.55. The number of fused-ring (bicyclic) bond motifs is 1. The Kier molecular flexibility index (Phi) is 4.33. The van der Waals surface area contributed by atoms with E-state index in [2.05, 4.69) is 15.4 Å². The third-order valence-electron chi connectivity index (χ3n) is 4.72. The smallest absolute Gasteiger partial charge is 0.291 e. The molecular formula is C20H23N5O4. The van der Waals surface area contributed by atoms with Crippen molar-refractivity contribution in [3.8, 4) is 17.1 Å². The van der Waals surface area contributed by atoms with E-state index < -0.39 is 17.3 Å². The summed E-state index contributed by atoms with van der Waals surface area (Å²) in [6.07, 6.45) is 3.22. The molecule has 29 heavy (non-hydrogen) atoms. The number of rotatable bonds is 4. The topological polar surface area (TPSA) is 121 Å². The molecule has 3 aromatic heterocycles. The molecule has 0 saturated heterocycles. The highest BCUT2D eigenvalue weighted by atomic mass is 16.3. The number of H-pyrrole nitrogens is 1. The molecule has 1 amide bonds. The molecule has 0 aliphatic heterocycles. The van der Waals surface area contributed by atoms with Crippen LogP contribution in [0.2, 0.25) is 0 Å². The summed E-state index contributed by atoms with van der Waals surface area (Å²) in [4.78, 5) is 40.4. The predicted octanol–water partition coefficient (Wildman–Crippen LogP) is 1.50. The lowest BCUT2D eigenvalue weighted by molar-refractivity contribution is 0.0944. The lowest BCUT2D eigenvalue weighted by atomic mass is 9.96. The number of hydrogen-bond donors (Lipinski definition) is 3. The van der Waals surface area contributed by atoms with Gasteiger partial charge in [0.05, 0.1) is 5.56 Å². The molecule has 152 valence electrons. The van der Waals surface area contributed by atoms with Crippen molar-refractivity contribution in [3.05, 3.63) is 50.7 Å². The second-order valence-corrected chi connectivity index (χ2v) is 8.61. The average Bonchev–Trinajstić information content (AvgIpc) is 3.33. The van der Waals surface area contributed by atoms with E-state index in [-0.39, 0.29) is 28.3 Å². The van der Waals surface area contributed by atoms with E-state index in [1.807, 2.05) is 20.8 Å². The van der Waals surface area contributed by atoms with Crippen LogP contribution in [0.25, 0.3) is 16.9 Å². The van der Waals surface area contributed by atoms with E-state index in [9.17, 15) is 19.5 Å². The Balaban J connectivity index is 1.98. The van der Waals surface area contributed by atoms with Crippen LogP contribution in [0.4, 0.5) is 0 Å². The van der Waals surface area contributed by atoms with Crippen LogP contribution in [0, 0.1) is 5.41 Å². The summed E-state index contributed by atoms with van der Waals surface area (Å²) in [7, 11) is 0. The molecule has 3 aromatic rings. The molecule has 3 N–H and O–H groups in total. The normalized spacial score (nSPS) is 14.3. The quantitative estimate of drug-likeness (QED) is 0.616. The molecule has 1 aliphatic rings. The van der Waals surface area contributed by atoms with Crippen molar-refractivity contribution in [2.24, 2.45) is 5.41 Å². The molecule has 0 atom stereocenters. The average molecular weight is 397 g/mol. The molecule has 0 unspecified atom stereocenters. The third-order valence-corrected chi connectivity index (χ3v) is 4.72. The summed E-state index contributed by atoms with van der Waals surface area (Å²) in [5.74, 6) is -1.02. The van der Waals surface area contributed by atoms with Crippen LogP contribution < -0.4 is 16.4 Å². The van der Waals surface area contributed by atoms with Crippen LogP contribution in [-0.4, -0.2) is 36.2 Å². The van der Waals surface area contributed by atoms with Crippen molar-refractivity contribution in [2.45, 2.75) is 46.2 Å². The minimum absolute atomic E-state index is 0.0316. The van der Waals surface area contributed by atoms with Crippen molar-refractivity contribution >= 4 is 11.6 Å². The van der Waals surface area contributed by atoms with Crippen LogP contribution in [0.1, 0.15) is 44.0 Å². The van der Waals surface area contributed by atoms with Gasteiger partial charge < -0.3 is 15.4 Å². The highest BCUT2D eigenvalue weighted by Gasteiger charge is 2.30.